The number of nitrogens with one attached hydrogen (secondary N) is 1. The van der Waals surface area contributed by atoms with Gasteiger partial charge in [0.05, 0.1) is 22.6 Å². The lowest BCUT2D eigenvalue weighted by atomic mass is 9.94. The van der Waals surface area contributed by atoms with E-state index in [4.69, 9.17) is 4.98 Å². The van der Waals surface area contributed by atoms with Crippen molar-refractivity contribution in [3.05, 3.63) is 71.2 Å². The number of aromatic nitrogens is 2. The first-order valence-electron chi connectivity index (χ1n) is 9.54. The van der Waals surface area contributed by atoms with Crippen molar-refractivity contribution in [2.24, 2.45) is 0 Å². The molecule has 0 radical (unpaired) electrons. The molecule has 1 amide bonds. The van der Waals surface area contributed by atoms with Crippen LogP contribution in [0.25, 0.3) is 11.0 Å². The molecule has 144 valence electrons. The number of allylic oxidation sites excluding steroid dienone is 1. The van der Waals surface area contributed by atoms with Crippen LogP contribution >= 0.6 is 0 Å². The number of carbonyl (C=O) groups is 1. The Bertz CT molecular complexity index is 1060. The lowest BCUT2D eigenvalue weighted by Crippen LogP contribution is -2.37. The van der Waals surface area contributed by atoms with Crippen molar-refractivity contribution in [2.45, 2.75) is 26.8 Å². The number of para-hydroxylation sites is 2. The Labute approximate surface area is 163 Å². The predicted molar refractivity (Wildman–Crippen MR) is 109 cm³/mol. The van der Waals surface area contributed by atoms with E-state index in [1.807, 2.05) is 49.6 Å². The summed E-state index contributed by atoms with van der Waals surface area (Å²) in [5.41, 5.74) is 4.06. The van der Waals surface area contributed by atoms with Crippen molar-refractivity contribution in [3.63, 3.8) is 0 Å². The maximum absolute atomic E-state index is 13.6. The number of nitrogens with zero attached hydrogens (tertiary/aromatic N) is 3. The summed E-state index contributed by atoms with van der Waals surface area (Å²) in [7, 11) is 0. The Morgan fingerprint density at radius 2 is 1.82 bits per heavy atom. The molecule has 0 saturated carbocycles. The molecule has 1 atom stereocenters. The van der Waals surface area contributed by atoms with Crippen LogP contribution in [0.3, 0.4) is 0 Å². The number of hydrogen-bond donors (Lipinski definition) is 1. The van der Waals surface area contributed by atoms with Gasteiger partial charge in [-0.15, -0.1) is 0 Å². The van der Waals surface area contributed by atoms with Crippen LogP contribution in [-0.2, 0) is 4.79 Å². The van der Waals surface area contributed by atoms with Gasteiger partial charge in [0.2, 0.25) is 5.95 Å². The van der Waals surface area contributed by atoms with Crippen LogP contribution in [0.2, 0.25) is 0 Å². The Hall–Kier alpha value is -3.15. The number of anilines is 1. The molecular weight excluding hydrogens is 355 g/mol. The number of benzene rings is 2. The molecule has 28 heavy (non-hydrogen) atoms. The summed E-state index contributed by atoms with van der Waals surface area (Å²) in [5, 5.41) is 3.30. The number of amides is 1. The average Bonchev–Trinajstić information content (AvgIpc) is 3.06. The van der Waals surface area contributed by atoms with Gasteiger partial charge >= 0.3 is 0 Å². The largest absolute Gasteiger partial charge is 0.339 e. The molecule has 6 heteroatoms. The topological polar surface area (TPSA) is 50.2 Å². The Balaban J connectivity index is 1.96. The number of imidazole rings is 1. The third kappa shape index (κ3) is 2.85. The number of likely N-dealkylation sites (N-methyl/N-ethyl adjacent to an activating group) is 1. The highest BCUT2D eigenvalue weighted by molar-refractivity contribution is 5.97. The number of carbonyl (C=O) groups excluding carboxylic acids is 1. The average molecular weight is 378 g/mol. The molecule has 0 spiro atoms. The zero-order chi connectivity index (χ0) is 19.8. The first kappa shape index (κ1) is 18.2. The summed E-state index contributed by atoms with van der Waals surface area (Å²) in [5.74, 6) is 0.364. The number of hydrogen-bond acceptors (Lipinski definition) is 3. The molecule has 1 N–H and O–H groups in total. The van der Waals surface area contributed by atoms with Crippen LogP contribution in [0.15, 0.2) is 59.8 Å². The van der Waals surface area contributed by atoms with Crippen molar-refractivity contribution in [1.29, 1.82) is 0 Å². The minimum absolute atomic E-state index is 0.0206. The first-order chi connectivity index (χ1) is 13.5. The van der Waals surface area contributed by atoms with Crippen LogP contribution in [0.4, 0.5) is 10.3 Å². The van der Waals surface area contributed by atoms with E-state index in [1.54, 1.807) is 17.0 Å². The highest BCUT2D eigenvalue weighted by Crippen LogP contribution is 2.39. The van der Waals surface area contributed by atoms with Gasteiger partial charge in [0.1, 0.15) is 5.82 Å². The maximum Gasteiger partial charge on any atom is 0.253 e. The van der Waals surface area contributed by atoms with Crippen LogP contribution in [-0.4, -0.2) is 33.4 Å². The fourth-order valence-corrected chi connectivity index (χ4v) is 3.88. The van der Waals surface area contributed by atoms with Gasteiger partial charge < -0.3 is 10.2 Å². The minimum atomic E-state index is -0.377. The van der Waals surface area contributed by atoms with Gasteiger partial charge in [-0.1, -0.05) is 24.3 Å². The first-order valence-corrected chi connectivity index (χ1v) is 9.54. The van der Waals surface area contributed by atoms with Crippen molar-refractivity contribution in [2.75, 3.05) is 18.4 Å². The zero-order valence-electron chi connectivity index (χ0n) is 16.2. The van der Waals surface area contributed by atoms with Gasteiger partial charge in [0.15, 0.2) is 0 Å². The van der Waals surface area contributed by atoms with Gasteiger partial charge in [-0.2, -0.15) is 0 Å². The Morgan fingerprint density at radius 3 is 2.50 bits per heavy atom. The second-order valence-electron chi connectivity index (χ2n) is 6.89. The molecule has 3 aromatic rings. The monoisotopic (exact) mass is 378 g/mol. The highest BCUT2D eigenvalue weighted by atomic mass is 19.1. The van der Waals surface area contributed by atoms with Crippen LogP contribution in [0.1, 0.15) is 32.4 Å². The van der Waals surface area contributed by atoms with Gasteiger partial charge in [-0.25, -0.2) is 9.37 Å². The normalized spacial score (nSPS) is 16.1. The second kappa shape index (κ2) is 7.11. The summed E-state index contributed by atoms with van der Waals surface area (Å²) in [6.07, 6.45) is 0. The van der Waals surface area contributed by atoms with Gasteiger partial charge in [-0.3, -0.25) is 9.36 Å². The van der Waals surface area contributed by atoms with Crippen molar-refractivity contribution < 1.29 is 9.18 Å². The molecule has 1 aliphatic heterocycles. The molecular formula is C22H23FN4O. The summed E-state index contributed by atoms with van der Waals surface area (Å²) in [6, 6.07) is 13.8. The standard InChI is InChI=1S/C22H23FN4O/c1-4-26(5-2)21(28)19-14(3)24-22-25-17-8-6-7-9-18(17)27(22)20(19)15-10-12-16(23)13-11-15/h6-13,20H,4-5H2,1-3H3,(H,24,25). The van der Waals surface area contributed by atoms with Crippen LogP contribution in [0.5, 0.6) is 0 Å². The van der Waals surface area contributed by atoms with Crippen LogP contribution < -0.4 is 5.32 Å². The molecule has 4 rings (SSSR count). The summed E-state index contributed by atoms with van der Waals surface area (Å²) in [4.78, 5) is 19.9. The third-order valence-corrected chi connectivity index (χ3v) is 5.30. The predicted octanol–water partition coefficient (Wildman–Crippen LogP) is 4.33. The molecule has 0 aliphatic carbocycles. The highest BCUT2D eigenvalue weighted by Gasteiger charge is 2.35. The number of rotatable bonds is 4. The van der Waals surface area contributed by atoms with Crippen molar-refractivity contribution in [1.82, 2.24) is 14.5 Å². The van der Waals surface area contributed by atoms with E-state index in [1.165, 1.54) is 12.1 Å². The smallest absolute Gasteiger partial charge is 0.253 e. The van der Waals surface area contributed by atoms with Crippen LogP contribution in [0, 0.1) is 5.82 Å². The van der Waals surface area contributed by atoms with Gasteiger partial charge in [-0.05, 0) is 50.6 Å². The molecule has 5 nitrogen and oxygen atoms in total. The van der Waals surface area contributed by atoms with E-state index >= 15 is 0 Å². The van der Waals surface area contributed by atoms with E-state index in [0.717, 1.165) is 22.3 Å². The molecule has 1 unspecified atom stereocenters. The van der Waals surface area contributed by atoms with E-state index in [0.29, 0.717) is 24.6 Å². The van der Waals surface area contributed by atoms with E-state index < -0.39 is 0 Å². The van der Waals surface area contributed by atoms with Gasteiger partial charge in [0.25, 0.3) is 5.91 Å². The Kier molecular flexibility index (Phi) is 4.63. The fourth-order valence-electron chi connectivity index (χ4n) is 3.88. The fraction of sp³-hybridized carbons (Fsp3) is 0.273. The maximum atomic E-state index is 13.6. The van der Waals surface area contributed by atoms with E-state index in [9.17, 15) is 9.18 Å². The Morgan fingerprint density at radius 1 is 1.14 bits per heavy atom. The lowest BCUT2D eigenvalue weighted by Gasteiger charge is -2.33. The van der Waals surface area contributed by atoms with E-state index in [-0.39, 0.29) is 17.8 Å². The molecule has 0 saturated heterocycles. The summed E-state index contributed by atoms with van der Waals surface area (Å²) < 4.78 is 15.6. The number of halogens is 1. The summed E-state index contributed by atoms with van der Waals surface area (Å²) in [6.45, 7) is 7.09. The van der Waals surface area contributed by atoms with Crippen molar-refractivity contribution in [3.8, 4) is 0 Å². The van der Waals surface area contributed by atoms with E-state index in [2.05, 4.69) is 5.32 Å². The minimum Gasteiger partial charge on any atom is -0.339 e. The lowest BCUT2D eigenvalue weighted by molar-refractivity contribution is -0.127. The second-order valence-corrected chi connectivity index (χ2v) is 6.89. The summed E-state index contributed by atoms with van der Waals surface area (Å²) >= 11 is 0. The molecule has 2 heterocycles. The third-order valence-electron chi connectivity index (χ3n) is 5.30. The molecule has 0 bridgehead atoms. The zero-order valence-corrected chi connectivity index (χ0v) is 16.2. The van der Waals surface area contributed by atoms with Crippen molar-refractivity contribution >= 4 is 22.9 Å². The molecule has 2 aromatic carbocycles. The molecule has 0 fully saturated rings. The number of fused-ring (bicyclic) bond motifs is 3. The molecule has 1 aliphatic rings. The SMILES string of the molecule is CCN(CC)C(=O)C1=C(C)Nc2nc3ccccc3n2C1c1ccc(F)cc1. The molecule has 1 aromatic heterocycles. The quantitative estimate of drug-likeness (QED) is 0.735. The van der Waals surface area contributed by atoms with Gasteiger partial charge in [0, 0.05) is 18.8 Å².